The number of imide groups is 1. The van der Waals surface area contributed by atoms with Gasteiger partial charge in [0, 0.05) is 78.9 Å². The van der Waals surface area contributed by atoms with Crippen molar-refractivity contribution in [1.82, 2.24) is 19.6 Å². The fourth-order valence-electron chi connectivity index (χ4n) is 10.3. The van der Waals surface area contributed by atoms with Crippen molar-refractivity contribution < 1.29 is 52.9 Å². The number of ketones is 2. The summed E-state index contributed by atoms with van der Waals surface area (Å²) in [6.07, 6.45) is 4.54. The Morgan fingerprint density at radius 3 is 2.06 bits per heavy atom. The lowest BCUT2D eigenvalue weighted by molar-refractivity contribution is -0.150. The number of ether oxygens (including phenoxy) is 2. The SMILES string of the molecule is CC[C@H](C)[C@@H](C(CC(=O)N1CCC[C@H]1[C@H](OC)[C@@H](C)C(=O)C[C@@H](Cc1ccccc1)C(=O)O)OC)N(C)C(=O)[C@@H](CC(=O)[C@H](C(C)C)N(C)C(=O)CCCCCN1C(=O)CC(SC)C1=O)C(C)C. The molecule has 0 radical (unpaired) electrons. The number of nitrogens with zero attached hydrogens (tertiary/aromatic N) is 4. The van der Waals surface area contributed by atoms with Gasteiger partial charge in [0.25, 0.3) is 0 Å². The van der Waals surface area contributed by atoms with Crippen molar-refractivity contribution in [2.75, 3.05) is 47.7 Å². The summed E-state index contributed by atoms with van der Waals surface area (Å²) in [4.78, 5) is 114. The van der Waals surface area contributed by atoms with Gasteiger partial charge in [0.2, 0.25) is 29.5 Å². The van der Waals surface area contributed by atoms with Crippen LogP contribution in [-0.4, -0.2) is 155 Å². The van der Waals surface area contributed by atoms with E-state index in [0.717, 1.165) is 5.56 Å². The molecule has 2 aliphatic rings. The van der Waals surface area contributed by atoms with Crippen LogP contribution >= 0.6 is 11.8 Å². The van der Waals surface area contributed by atoms with E-state index in [0.29, 0.717) is 51.6 Å². The Labute approximate surface area is 410 Å². The second kappa shape index (κ2) is 27.9. The Morgan fingerprint density at radius 1 is 0.853 bits per heavy atom. The second-order valence-electron chi connectivity index (χ2n) is 19.8. The zero-order valence-electron chi connectivity index (χ0n) is 42.9. The van der Waals surface area contributed by atoms with Gasteiger partial charge in [-0.3, -0.25) is 43.3 Å². The zero-order valence-corrected chi connectivity index (χ0v) is 43.8. The molecule has 5 amide bonds. The molecule has 1 aromatic rings. The van der Waals surface area contributed by atoms with Crippen LogP contribution in [0.25, 0.3) is 0 Å². The Morgan fingerprint density at radius 2 is 1.51 bits per heavy atom. The minimum absolute atomic E-state index is 0.0445. The third kappa shape index (κ3) is 15.4. The van der Waals surface area contributed by atoms with Crippen LogP contribution in [0, 0.1) is 35.5 Å². The van der Waals surface area contributed by atoms with E-state index >= 15 is 0 Å². The summed E-state index contributed by atoms with van der Waals surface area (Å²) < 4.78 is 12.0. The van der Waals surface area contributed by atoms with Crippen molar-refractivity contribution in [3.8, 4) is 0 Å². The summed E-state index contributed by atoms with van der Waals surface area (Å²) in [7, 11) is 6.37. The summed E-state index contributed by atoms with van der Waals surface area (Å²) >= 11 is 1.38. The van der Waals surface area contributed by atoms with E-state index in [1.54, 1.807) is 30.8 Å². The first-order valence-electron chi connectivity index (χ1n) is 24.7. The van der Waals surface area contributed by atoms with Crippen LogP contribution in [-0.2, 0) is 54.3 Å². The monoisotopic (exact) mass is 971 g/mol. The van der Waals surface area contributed by atoms with E-state index in [-0.39, 0.29) is 103 Å². The van der Waals surface area contributed by atoms with E-state index in [1.165, 1.54) is 35.8 Å². The molecule has 2 heterocycles. The number of hydrogen-bond acceptors (Lipinski definition) is 11. The summed E-state index contributed by atoms with van der Waals surface area (Å²) in [5, 5.41) is 9.68. The number of carbonyl (C=O) groups excluding carboxylic acids is 7. The van der Waals surface area contributed by atoms with Gasteiger partial charge >= 0.3 is 5.97 Å². The van der Waals surface area contributed by atoms with E-state index < -0.39 is 54.1 Å². The minimum atomic E-state index is -1.05. The van der Waals surface area contributed by atoms with Gasteiger partial charge in [-0.05, 0) is 61.7 Å². The smallest absolute Gasteiger partial charge is 0.307 e. The summed E-state index contributed by atoms with van der Waals surface area (Å²) in [6.45, 7) is 14.1. The maximum atomic E-state index is 14.7. The van der Waals surface area contributed by atoms with Crippen molar-refractivity contribution in [2.45, 2.75) is 161 Å². The van der Waals surface area contributed by atoms with Gasteiger partial charge in [-0.1, -0.05) is 91.6 Å². The van der Waals surface area contributed by atoms with Crippen LogP contribution in [0.15, 0.2) is 30.3 Å². The van der Waals surface area contributed by atoms with Crippen LogP contribution in [0.2, 0.25) is 0 Å². The highest BCUT2D eigenvalue weighted by Crippen LogP contribution is 2.32. The predicted octanol–water partition coefficient (Wildman–Crippen LogP) is 6.57. The fraction of sp³-hybridized carbons (Fsp3) is 0.731. The minimum Gasteiger partial charge on any atom is -0.481 e. The molecule has 10 atom stereocenters. The fourth-order valence-corrected chi connectivity index (χ4v) is 10.9. The number of aliphatic carboxylic acids is 1. The molecule has 68 heavy (non-hydrogen) atoms. The highest BCUT2D eigenvalue weighted by molar-refractivity contribution is 8.00. The van der Waals surface area contributed by atoms with Crippen molar-refractivity contribution in [3.63, 3.8) is 0 Å². The number of methoxy groups -OCH3 is 2. The third-order valence-corrected chi connectivity index (χ3v) is 15.5. The van der Waals surface area contributed by atoms with Gasteiger partial charge in [-0.25, -0.2) is 0 Å². The number of hydrogen-bond donors (Lipinski definition) is 1. The van der Waals surface area contributed by atoms with Gasteiger partial charge in [-0.2, -0.15) is 11.8 Å². The summed E-state index contributed by atoms with van der Waals surface area (Å²) in [5.74, 6) is -5.30. The molecule has 382 valence electrons. The van der Waals surface area contributed by atoms with E-state index in [1.807, 2.05) is 78.1 Å². The average molecular weight is 971 g/mol. The van der Waals surface area contributed by atoms with Crippen LogP contribution in [0.4, 0.5) is 0 Å². The Hall–Kier alpha value is -4.15. The van der Waals surface area contributed by atoms with Crippen LogP contribution in [0.1, 0.15) is 125 Å². The number of carbonyl (C=O) groups is 8. The number of Topliss-reactive ketones (excluding diaryl/α,β-unsaturated/α-hetero) is 2. The lowest BCUT2D eigenvalue weighted by atomic mass is 9.83. The normalized spacial score (nSPS) is 19.9. The topological polar surface area (TPSA) is 188 Å². The summed E-state index contributed by atoms with van der Waals surface area (Å²) in [6, 6.07) is 7.49. The lowest BCUT2D eigenvalue weighted by Gasteiger charge is -2.41. The molecule has 0 aromatic heterocycles. The first-order valence-corrected chi connectivity index (χ1v) is 26.0. The van der Waals surface area contributed by atoms with Crippen LogP contribution < -0.4 is 0 Å². The Balaban J connectivity index is 1.70. The largest absolute Gasteiger partial charge is 0.481 e. The maximum absolute atomic E-state index is 14.7. The Kier molecular flexibility index (Phi) is 23.9. The number of thioether (sulfide) groups is 1. The molecule has 0 bridgehead atoms. The predicted molar refractivity (Wildman–Crippen MR) is 263 cm³/mol. The number of likely N-dealkylation sites (N-methyl/N-ethyl adjacent to an activating group) is 2. The van der Waals surface area contributed by atoms with Crippen molar-refractivity contribution in [1.29, 1.82) is 0 Å². The first-order chi connectivity index (χ1) is 32.1. The van der Waals surface area contributed by atoms with Gasteiger partial charge in [0.15, 0.2) is 5.78 Å². The molecule has 2 aliphatic heterocycles. The zero-order chi connectivity index (χ0) is 51.0. The van der Waals surface area contributed by atoms with Gasteiger partial charge in [0.05, 0.1) is 47.9 Å². The van der Waals surface area contributed by atoms with Gasteiger partial charge in [0.1, 0.15) is 5.78 Å². The molecule has 0 aliphatic carbocycles. The Bertz CT molecular complexity index is 1860. The van der Waals surface area contributed by atoms with Gasteiger partial charge in [-0.15, -0.1) is 0 Å². The molecule has 0 spiro atoms. The molecule has 1 N–H and O–H groups in total. The lowest BCUT2D eigenvalue weighted by Crippen LogP contribution is -2.54. The summed E-state index contributed by atoms with van der Waals surface area (Å²) in [5.41, 5.74) is 0.829. The number of likely N-dealkylation sites (tertiary alicyclic amines) is 2. The molecular weight excluding hydrogens is 889 g/mol. The highest BCUT2D eigenvalue weighted by atomic mass is 32.2. The van der Waals surface area contributed by atoms with E-state index in [9.17, 15) is 43.5 Å². The molecular formula is C52H82N4O11S. The van der Waals surface area contributed by atoms with Crippen molar-refractivity contribution in [2.24, 2.45) is 35.5 Å². The molecule has 2 saturated heterocycles. The van der Waals surface area contributed by atoms with Crippen LogP contribution in [0.5, 0.6) is 0 Å². The van der Waals surface area contributed by atoms with Gasteiger partial charge < -0.3 is 29.3 Å². The standard InChI is InChI=1S/C52H82N4O11S/c1-13-34(6)48(42(66-10)30-45(60)55-26-20-23-39(55)49(67-11)35(7)40(57)28-37(52(64)65)27-36-21-16-14-17-22-36)54(9)50(62)38(32(2)3)29-41(58)47(33(4)5)53(8)44(59)24-18-15-19-25-56-46(61)31-43(68-12)51(56)63/h14,16-17,21-22,32-35,37-39,42-43,47-49H,13,15,18-20,23-31H2,1-12H3,(H,64,65)/t34-,35-,37+,38-,39-,42?,43?,47-,48-,49+/m0/s1. The number of rotatable bonds is 30. The quantitative estimate of drug-likeness (QED) is 0.0646. The number of carboxylic acids is 1. The molecule has 15 nitrogen and oxygen atoms in total. The first kappa shape index (κ1) is 58.2. The molecule has 0 saturated carbocycles. The molecule has 2 unspecified atom stereocenters. The maximum Gasteiger partial charge on any atom is 0.307 e. The third-order valence-electron chi connectivity index (χ3n) is 14.5. The van der Waals surface area contributed by atoms with E-state index in [2.05, 4.69) is 0 Å². The molecule has 1 aromatic carbocycles. The molecule has 16 heteroatoms. The van der Waals surface area contributed by atoms with E-state index in [4.69, 9.17) is 9.47 Å². The second-order valence-corrected chi connectivity index (χ2v) is 20.9. The number of benzene rings is 1. The number of unbranched alkanes of at least 4 members (excludes halogenated alkanes) is 2. The van der Waals surface area contributed by atoms with Crippen molar-refractivity contribution >= 4 is 58.8 Å². The van der Waals surface area contributed by atoms with Crippen LogP contribution in [0.3, 0.4) is 0 Å². The highest BCUT2D eigenvalue weighted by Gasteiger charge is 2.44. The average Bonchev–Trinajstić information content (AvgIpc) is 3.90. The molecule has 3 rings (SSSR count). The number of carboxylic acid groups (broad SMARTS) is 1. The molecule has 2 fully saturated rings. The van der Waals surface area contributed by atoms with Crippen molar-refractivity contribution in [3.05, 3.63) is 35.9 Å². The number of amides is 5.